The maximum atomic E-state index is 11.2. The smallest absolute Gasteiger partial charge is 0.127 e. The first-order valence-electron chi connectivity index (χ1n) is 9.51. The minimum Gasteiger partial charge on any atom is -0.507 e. The van der Waals surface area contributed by atoms with E-state index in [1.54, 1.807) is 0 Å². The van der Waals surface area contributed by atoms with E-state index in [1.807, 2.05) is 0 Å². The molecule has 0 fully saturated rings. The van der Waals surface area contributed by atoms with Crippen molar-refractivity contribution in [1.82, 2.24) is 0 Å². The molecule has 0 heterocycles. The predicted octanol–water partition coefficient (Wildman–Crippen LogP) is 6.31. The molecule has 0 bridgehead atoms. The normalized spacial score (nSPS) is 16.2. The van der Waals surface area contributed by atoms with Crippen LogP contribution < -0.4 is 0 Å². The summed E-state index contributed by atoms with van der Waals surface area (Å²) in [7, 11) is 0. The minimum atomic E-state index is 0.380. The van der Waals surface area contributed by atoms with E-state index in [9.17, 15) is 10.2 Å². The number of fused-ring (bicyclic) bond motifs is 2. The van der Waals surface area contributed by atoms with Crippen LogP contribution in [0.1, 0.15) is 59.1 Å². The molecule has 2 N–H and O–H groups in total. The number of aryl methyl sites for hydroxylation is 2. The molecule has 0 aromatic heterocycles. The second-order valence-electron chi connectivity index (χ2n) is 7.48. The lowest BCUT2D eigenvalue weighted by Crippen LogP contribution is -2.08. The summed E-state index contributed by atoms with van der Waals surface area (Å²) < 4.78 is 0. The van der Waals surface area contributed by atoms with Gasteiger partial charge < -0.3 is 10.2 Å². The second kappa shape index (κ2) is 7.55. The third-order valence-corrected chi connectivity index (χ3v) is 7.15. The summed E-state index contributed by atoms with van der Waals surface area (Å²) in [5.74, 6) is 0.759. The largest absolute Gasteiger partial charge is 0.507 e. The molecular weight excluding hydrogens is 456 g/mol. The lowest BCUT2D eigenvalue weighted by atomic mass is 9.81. The Labute approximate surface area is 171 Å². The van der Waals surface area contributed by atoms with Crippen LogP contribution in [0.15, 0.2) is 12.1 Å². The highest BCUT2D eigenvalue weighted by Gasteiger charge is 2.27. The van der Waals surface area contributed by atoms with Crippen molar-refractivity contribution in [2.75, 3.05) is 0 Å². The average Bonchev–Trinajstić information content (AvgIpc) is 2.68. The van der Waals surface area contributed by atoms with Crippen molar-refractivity contribution in [1.29, 1.82) is 0 Å². The van der Waals surface area contributed by atoms with E-state index < -0.39 is 0 Å². The summed E-state index contributed by atoms with van der Waals surface area (Å²) in [6.07, 6.45) is 8.52. The Kier molecular flexibility index (Phi) is 5.34. The molecule has 2 aromatic rings. The maximum absolute atomic E-state index is 11.2. The Bertz CT molecular complexity index is 787. The van der Waals surface area contributed by atoms with Gasteiger partial charge in [-0.1, -0.05) is 44.0 Å². The van der Waals surface area contributed by atoms with Crippen LogP contribution in [0, 0.1) is 0 Å². The first-order valence-corrected chi connectivity index (χ1v) is 11.8. The highest BCUT2D eigenvalue weighted by Crippen LogP contribution is 2.48. The van der Waals surface area contributed by atoms with Gasteiger partial charge in [0.2, 0.25) is 0 Å². The van der Waals surface area contributed by atoms with Gasteiger partial charge in [0.1, 0.15) is 11.5 Å². The van der Waals surface area contributed by atoms with E-state index >= 15 is 0 Å². The molecule has 0 saturated carbocycles. The van der Waals surface area contributed by atoms with Gasteiger partial charge in [-0.15, -0.1) is 0 Å². The summed E-state index contributed by atoms with van der Waals surface area (Å²) in [6, 6.07) is 4.46. The molecule has 138 valence electrons. The molecule has 0 radical (unpaired) electrons. The fourth-order valence-corrected chi connectivity index (χ4v) is 5.54. The van der Waals surface area contributed by atoms with Crippen LogP contribution in [0.4, 0.5) is 0 Å². The van der Waals surface area contributed by atoms with Gasteiger partial charge in [-0.05, 0) is 84.7 Å². The van der Waals surface area contributed by atoms with Gasteiger partial charge in [0, 0.05) is 21.8 Å². The summed E-state index contributed by atoms with van der Waals surface area (Å²) in [4.78, 5) is 0. The minimum absolute atomic E-state index is 0.380. The van der Waals surface area contributed by atoms with Crippen LogP contribution in [0.25, 0.3) is 11.1 Å². The molecule has 2 aliphatic rings. The first-order chi connectivity index (χ1) is 12.7. The molecule has 0 amide bonds. The monoisotopic (exact) mass is 478 g/mol. The molecule has 0 saturated heterocycles. The molecule has 2 aromatic carbocycles. The fourth-order valence-electron chi connectivity index (χ4n) is 4.66. The molecule has 26 heavy (non-hydrogen) atoms. The summed E-state index contributed by atoms with van der Waals surface area (Å²) in [6.45, 7) is 0. The van der Waals surface area contributed by atoms with E-state index in [1.165, 1.54) is 24.0 Å². The molecule has 2 nitrogen and oxygen atoms in total. The first kappa shape index (κ1) is 18.4. The number of hydrogen-bond acceptors (Lipinski definition) is 2. The Balaban J connectivity index is 2.01. The van der Waals surface area contributed by atoms with E-state index in [4.69, 9.17) is 0 Å². The van der Waals surface area contributed by atoms with Gasteiger partial charge in [0.15, 0.2) is 0 Å². The molecule has 0 unspecified atom stereocenters. The summed E-state index contributed by atoms with van der Waals surface area (Å²) in [5.41, 5.74) is 8.47. The third-order valence-electron chi connectivity index (χ3n) is 5.94. The van der Waals surface area contributed by atoms with Gasteiger partial charge in [-0.25, -0.2) is 0 Å². The number of alkyl halides is 2. The highest BCUT2D eigenvalue weighted by atomic mass is 79.9. The average molecular weight is 480 g/mol. The van der Waals surface area contributed by atoms with Crippen molar-refractivity contribution in [3.8, 4) is 22.6 Å². The van der Waals surface area contributed by atoms with Crippen molar-refractivity contribution in [3.05, 3.63) is 45.5 Å². The number of phenols is 2. The standard InChI is InChI=1S/C22H24Br2O2/c23-11-15-9-13-5-1-3-7-17(13)21(25)19(15)20-16(12-24)10-14-6-2-4-8-18(14)22(20)26/h9-10,25-26H,1-8,11-12H2. The molecule has 4 heteroatoms. The quantitative estimate of drug-likeness (QED) is 0.506. The zero-order valence-corrected chi connectivity index (χ0v) is 18.0. The van der Waals surface area contributed by atoms with Gasteiger partial charge in [-0.3, -0.25) is 0 Å². The summed E-state index contributed by atoms with van der Waals surface area (Å²) in [5, 5.41) is 23.7. The van der Waals surface area contributed by atoms with Crippen LogP contribution in [-0.2, 0) is 36.3 Å². The van der Waals surface area contributed by atoms with Crippen molar-refractivity contribution in [2.24, 2.45) is 0 Å². The molecule has 4 rings (SSSR count). The molecule has 2 aliphatic carbocycles. The Morgan fingerprint density at radius 3 is 1.42 bits per heavy atom. The van der Waals surface area contributed by atoms with Crippen LogP contribution >= 0.6 is 31.9 Å². The van der Waals surface area contributed by atoms with Crippen molar-refractivity contribution >= 4 is 31.9 Å². The molecular formula is C22H24Br2O2. The SMILES string of the molecule is Oc1c2c(cc(CBr)c1-c1c(CBr)cc3c(c1O)CCCC3)CCCC2. The van der Waals surface area contributed by atoms with Crippen molar-refractivity contribution in [3.63, 3.8) is 0 Å². The van der Waals surface area contributed by atoms with Crippen LogP contribution in [0.3, 0.4) is 0 Å². The molecule has 0 aliphatic heterocycles. The topological polar surface area (TPSA) is 40.5 Å². The summed E-state index contributed by atoms with van der Waals surface area (Å²) >= 11 is 7.22. The Morgan fingerprint density at radius 2 is 1.04 bits per heavy atom. The highest BCUT2D eigenvalue weighted by molar-refractivity contribution is 9.08. The van der Waals surface area contributed by atoms with Crippen molar-refractivity contribution < 1.29 is 10.2 Å². The lowest BCUT2D eigenvalue weighted by Gasteiger charge is -2.26. The van der Waals surface area contributed by atoms with Gasteiger partial charge in [0.05, 0.1) is 0 Å². The number of hydrogen-bond donors (Lipinski definition) is 2. The predicted molar refractivity (Wildman–Crippen MR) is 114 cm³/mol. The number of benzene rings is 2. The maximum Gasteiger partial charge on any atom is 0.127 e. The third kappa shape index (κ3) is 2.99. The second-order valence-corrected chi connectivity index (χ2v) is 8.60. The Morgan fingerprint density at radius 1 is 0.654 bits per heavy atom. The number of phenolic OH excluding ortho intramolecular Hbond substituents is 2. The fraction of sp³-hybridized carbons (Fsp3) is 0.455. The Hall–Kier alpha value is -1.00. The van der Waals surface area contributed by atoms with Gasteiger partial charge in [0.25, 0.3) is 0 Å². The number of halogens is 2. The molecule has 0 spiro atoms. The van der Waals surface area contributed by atoms with E-state index in [2.05, 4.69) is 44.0 Å². The van der Waals surface area contributed by atoms with E-state index in [-0.39, 0.29) is 0 Å². The van der Waals surface area contributed by atoms with E-state index in [0.29, 0.717) is 22.2 Å². The van der Waals surface area contributed by atoms with Crippen LogP contribution in [0.5, 0.6) is 11.5 Å². The van der Waals surface area contributed by atoms with Crippen LogP contribution in [0.2, 0.25) is 0 Å². The van der Waals surface area contributed by atoms with Crippen molar-refractivity contribution in [2.45, 2.75) is 62.0 Å². The van der Waals surface area contributed by atoms with Crippen LogP contribution in [-0.4, -0.2) is 10.2 Å². The molecule has 0 atom stereocenters. The lowest BCUT2D eigenvalue weighted by molar-refractivity contribution is 0.455. The zero-order chi connectivity index (χ0) is 18.3. The van der Waals surface area contributed by atoms with E-state index in [0.717, 1.165) is 71.9 Å². The zero-order valence-electron chi connectivity index (χ0n) is 14.9. The van der Waals surface area contributed by atoms with Gasteiger partial charge in [-0.2, -0.15) is 0 Å². The number of rotatable bonds is 3. The van der Waals surface area contributed by atoms with Gasteiger partial charge >= 0.3 is 0 Å². The number of aromatic hydroxyl groups is 2.